The van der Waals surface area contributed by atoms with Gasteiger partial charge in [0.25, 0.3) is 0 Å². The number of piperidine rings is 1. The largest absolute Gasteiger partial charge is 0.492 e. The van der Waals surface area contributed by atoms with Crippen molar-refractivity contribution in [3.8, 4) is 5.75 Å². The number of nitrogens with one attached hydrogen (secondary N) is 2. The van der Waals surface area contributed by atoms with E-state index in [1.54, 1.807) is 0 Å². The monoisotopic (exact) mass is 373 g/mol. The molecule has 2 amide bonds. The van der Waals surface area contributed by atoms with Crippen LogP contribution in [0.4, 0.5) is 0 Å². The van der Waals surface area contributed by atoms with Gasteiger partial charge in [0.15, 0.2) is 0 Å². The molecule has 0 saturated carbocycles. The highest BCUT2D eigenvalue weighted by molar-refractivity contribution is 5.83. The van der Waals surface area contributed by atoms with Gasteiger partial charge in [0.05, 0.1) is 18.4 Å². The van der Waals surface area contributed by atoms with Gasteiger partial charge in [-0.1, -0.05) is 6.07 Å². The lowest BCUT2D eigenvalue weighted by atomic mass is 9.89. The van der Waals surface area contributed by atoms with Crippen LogP contribution in [-0.4, -0.2) is 56.0 Å². The minimum atomic E-state index is -0.156. The second kappa shape index (κ2) is 9.22. The number of nitrogens with zero attached hydrogens (tertiary/aromatic N) is 1. The Bertz CT molecular complexity index is 671. The van der Waals surface area contributed by atoms with Crippen LogP contribution in [0.25, 0.3) is 0 Å². The van der Waals surface area contributed by atoms with E-state index >= 15 is 0 Å². The number of rotatable bonds is 6. The fourth-order valence-electron chi connectivity index (χ4n) is 3.82. The number of hydrogen-bond acceptors (Lipinski definition) is 4. The molecule has 0 aliphatic carbocycles. The van der Waals surface area contributed by atoms with Gasteiger partial charge in [0.1, 0.15) is 12.4 Å². The van der Waals surface area contributed by atoms with E-state index in [1.165, 1.54) is 11.1 Å². The van der Waals surface area contributed by atoms with Crippen LogP contribution in [-0.2, 0) is 9.59 Å². The molecule has 6 nitrogen and oxygen atoms in total. The molecular formula is C21H31N3O3. The highest BCUT2D eigenvalue weighted by Crippen LogP contribution is 2.21. The first kappa shape index (κ1) is 19.7. The van der Waals surface area contributed by atoms with Gasteiger partial charge >= 0.3 is 0 Å². The summed E-state index contributed by atoms with van der Waals surface area (Å²) in [5.41, 5.74) is 2.43. The van der Waals surface area contributed by atoms with Crippen molar-refractivity contribution in [2.24, 2.45) is 11.8 Å². The van der Waals surface area contributed by atoms with Crippen molar-refractivity contribution in [3.63, 3.8) is 0 Å². The minimum Gasteiger partial charge on any atom is -0.492 e. The van der Waals surface area contributed by atoms with Crippen molar-refractivity contribution in [2.75, 3.05) is 39.3 Å². The maximum absolute atomic E-state index is 12.6. The highest BCUT2D eigenvalue weighted by Gasteiger charge is 2.33. The van der Waals surface area contributed by atoms with Gasteiger partial charge in [-0.2, -0.15) is 0 Å². The van der Waals surface area contributed by atoms with Crippen LogP contribution in [0.1, 0.15) is 30.4 Å². The highest BCUT2D eigenvalue weighted by atomic mass is 16.5. The van der Waals surface area contributed by atoms with Gasteiger partial charge in [-0.25, -0.2) is 0 Å². The molecule has 2 atom stereocenters. The molecule has 0 aromatic heterocycles. The molecule has 2 aliphatic rings. The van der Waals surface area contributed by atoms with E-state index in [4.69, 9.17) is 4.74 Å². The van der Waals surface area contributed by atoms with Crippen LogP contribution in [0, 0.1) is 25.7 Å². The summed E-state index contributed by atoms with van der Waals surface area (Å²) in [6.07, 6.45) is 2.82. The molecule has 0 radical (unpaired) electrons. The first-order chi connectivity index (χ1) is 13.0. The van der Waals surface area contributed by atoms with Crippen LogP contribution in [0.5, 0.6) is 5.75 Å². The number of benzene rings is 1. The molecule has 0 bridgehead atoms. The van der Waals surface area contributed by atoms with Gasteiger partial charge in [0.2, 0.25) is 11.8 Å². The molecule has 3 rings (SSSR count). The summed E-state index contributed by atoms with van der Waals surface area (Å²) in [5.74, 6) is 0.792. The molecule has 148 valence electrons. The Labute approximate surface area is 161 Å². The summed E-state index contributed by atoms with van der Waals surface area (Å²) >= 11 is 0. The summed E-state index contributed by atoms with van der Waals surface area (Å²) in [6, 6.07) is 6.00. The molecule has 1 aromatic rings. The van der Waals surface area contributed by atoms with Gasteiger partial charge in [-0.15, -0.1) is 0 Å². The maximum atomic E-state index is 12.6. The van der Waals surface area contributed by atoms with Crippen molar-refractivity contribution in [2.45, 2.75) is 33.1 Å². The van der Waals surface area contributed by atoms with Crippen LogP contribution in [0.2, 0.25) is 0 Å². The molecule has 2 aliphatic heterocycles. The SMILES string of the molecule is Cc1ccc(OCCNC(=O)[C@H]2CNC[C@H](C(=O)N3CCCC3)C2)cc1C. The molecule has 2 N–H and O–H groups in total. The van der Waals surface area contributed by atoms with E-state index in [0.717, 1.165) is 31.7 Å². The number of amides is 2. The van der Waals surface area contributed by atoms with E-state index in [1.807, 2.05) is 23.1 Å². The average molecular weight is 373 g/mol. The third-order valence-electron chi connectivity index (χ3n) is 5.64. The van der Waals surface area contributed by atoms with E-state index in [-0.39, 0.29) is 23.7 Å². The molecule has 27 heavy (non-hydrogen) atoms. The second-order valence-electron chi connectivity index (χ2n) is 7.71. The minimum absolute atomic E-state index is 0.00473. The predicted octanol–water partition coefficient (Wildman–Crippen LogP) is 1.65. The third kappa shape index (κ3) is 5.22. The Morgan fingerprint density at radius 1 is 1.15 bits per heavy atom. The van der Waals surface area contributed by atoms with Crippen molar-refractivity contribution in [1.29, 1.82) is 0 Å². The normalized spacial score (nSPS) is 22.5. The molecule has 1 aromatic carbocycles. The summed E-state index contributed by atoms with van der Waals surface area (Å²) < 4.78 is 5.72. The quantitative estimate of drug-likeness (QED) is 0.744. The lowest BCUT2D eigenvalue weighted by molar-refractivity contribution is -0.136. The number of aryl methyl sites for hydroxylation is 2. The van der Waals surface area contributed by atoms with E-state index in [9.17, 15) is 9.59 Å². The van der Waals surface area contributed by atoms with Crippen LogP contribution < -0.4 is 15.4 Å². The number of ether oxygens (including phenoxy) is 1. The number of likely N-dealkylation sites (tertiary alicyclic amines) is 1. The Morgan fingerprint density at radius 3 is 2.63 bits per heavy atom. The van der Waals surface area contributed by atoms with Crippen molar-refractivity contribution in [1.82, 2.24) is 15.5 Å². The predicted molar refractivity (Wildman–Crippen MR) is 105 cm³/mol. The number of hydrogen-bond donors (Lipinski definition) is 2. The number of carbonyl (C=O) groups is 2. The van der Waals surface area contributed by atoms with E-state index in [2.05, 4.69) is 24.5 Å². The van der Waals surface area contributed by atoms with Crippen LogP contribution in [0.15, 0.2) is 18.2 Å². The van der Waals surface area contributed by atoms with Gasteiger partial charge in [-0.05, 0) is 56.4 Å². The zero-order valence-electron chi connectivity index (χ0n) is 16.4. The molecular weight excluding hydrogens is 342 g/mol. The smallest absolute Gasteiger partial charge is 0.226 e. The Kier molecular flexibility index (Phi) is 6.72. The van der Waals surface area contributed by atoms with Gasteiger partial charge in [0, 0.05) is 26.2 Å². The molecule has 0 spiro atoms. The van der Waals surface area contributed by atoms with Crippen LogP contribution in [0.3, 0.4) is 0 Å². The molecule has 6 heteroatoms. The first-order valence-electron chi connectivity index (χ1n) is 10.0. The Morgan fingerprint density at radius 2 is 1.89 bits per heavy atom. The fraction of sp³-hybridized carbons (Fsp3) is 0.619. The molecule has 2 fully saturated rings. The average Bonchev–Trinajstić information content (AvgIpc) is 3.22. The van der Waals surface area contributed by atoms with Crippen LogP contribution >= 0.6 is 0 Å². The topological polar surface area (TPSA) is 70.7 Å². The Hall–Kier alpha value is -2.08. The summed E-state index contributed by atoms with van der Waals surface area (Å²) in [6.45, 7) is 8.06. The Balaban J connectivity index is 1.40. The lowest BCUT2D eigenvalue weighted by Gasteiger charge is -2.31. The molecule has 0 unspecified atom stereocenters. The fourth-order valence-corrected chi connectivity index (χ4v) is 3.82. The summed E-state index contributed by atoms with van der Waals surface area (Å²) in [5, 5.41) is 6.21. The number of carbonyl (C=O) groups excluding carboxylic acids is 2. The van der Waals surface area contributed by atoms with Gasteiger partial charge < -0.3 is 20.3 Å². The third-order valence-corrected chi connectivity index (χ3v) is 5.64. The molecule has 2 saturated heterocycles. The first-order valence-corrected chi connectivity index (χ1v) is 10.0. The van der Waals surface area contributed by atoms with Crippen molar-refractivity contribution >= 4 is 11.8 Å². The summed E-state index contributed by atoms with van der Waals surface area (Å²) in [7, 11) is 0. The maximum Gasteiger partial charge on any atom is 0.226 e. The molecule has 2 heterocycles. The van der Waals surface area contributed by atoms with E-state index in [0.29, 0.717) is 32.7 Å². The zero-order chi connectivity index (χ0) is 19.2. The standard InChI is InChI=1S/C21H31N3O3/c1-15-5-6-19(11-16(15)2)27-10-7-23-20(25)17-12-18(14-22-13-17)21(26)24-8-3-4-9-24/h5-6,11,17-18,22H,3-4,7-10,12-14H2,1-2H3,(H,23,25)/t17-,18-/m1/s1. The van der Waals surface area contributed by atoms with Gasteiger partial charge in [-0.3, -0.25) is 9.59 Å². The van der Waals surface area contributed by atoms with Crippen molar-refractivity contribution in [3.05, 3.63) is 29.3 Å². The van der Waals surface area contributed by atoms with E-state index < -0.39 is 0 Å². The lowest BCUT2D eigenvalue weighted by Crippen LogP contribution is -2.49. The summed E-state index contributed by atoms with van der Waals surface area (Å²) in [4.78, 5) is 27.0. The van der Waals surface area contributed by atoms with Crippen molar-refractivity contribution < 1.29 is 14.3 Å². The zero-order valence-corrected chi connectivity index (χ0v) is 16.4. The second-order valence-corrected chi connectivity index (χ2v) is 7.71.